The van der Waals surface area contributed by atoms with Crippen LogP contribution in [0.3, 0.4) is 0 Å². The molecule has 1 rings (SSSR count). The smallest absolute Gasteiger partial charge is 0.216 e. The second-order valence-corrected chi connectivity index (χ2v) is 5.01. The highest BCUT2D eigenvalue weighted by atomic mass is 16.5. The molecule has 1 aliphatic heterocycles. The van der Waals surface area contributed by atoms with E-state index in [-0.39, 0.29) is 11.5 Å². The molecule has 6 heteroatoms. The molecule has 0 aliphatic carbocycles. The Morgan fingerprint density at radius 1 is 1.32 bits per heavy atom. The Hall–Kier alpha value is -1.30. The van der Waals surface area contributed by atoms with Crippen molar-refractivity contribution in [3.8, 4) is 0 Å². The lowest BCUT2D eigenvalue weighted by Crippen LogP contribution is -2.42. The Kier molecular flexibility index (Phi) is 6.62. The first-order valence-corrected chi connectivity index (χ1v) is 6.96. The number of carbonyl (C=O) groups is 1. The van der Waals surface area contributed by atoms with Gasteiger partial charge in [0.25, 0.3) is 0 Å². The minimum atomic E-state index is -0.125. The number of ether oxygens (including phenoxy) is 1. The van der Waals surface area contributed by atoms with E-state index in [4.69, 9.17) is 4.74 Å². The molecule has 0 spiro atoms. The van der Waals surface area contributed by atoms with Crippen LogP contribution >= 0.6 is 0 Å². The molecule has 1 amide bonds. The number of amides is 1. The van der Waals surface area contributed by atoms with Gasteiger partial charge in [0.05, 0.1) is 12.1 Å². The summed E-state index contributed by atoms with van der Waals surface area (Å²) in [6.07, 6.45) is 2.17. The molecule has 0 aromatic rings. The second-order valence-electron chi connectivity index (χ2n) is 5.01. The maximum Gasteiger partial charge on any atom is 0.216 e. The second kappa shape index (κ2) is 7.99. The third-order valence-corrected chi connectivity index (χ3v) is 3.01. The molecular weight excluding hydrogens is 244 g/mol. The molecule has 0 radical (unpaired) electrons. The van der Waals surface area contributed by atoms with Gasteiger partial charge in [0.2, 0.25) is 5.91 Å². The van der Waals surface area contributed by atoms with Crippen molar-refractivity contribution in [2.75, 3.05) is 32.8 Å². The van der Waals surface area contributed by atoms with Crippen molar-refractivity contribution >= 4 is 11.9 Å². The van der Waals surface area contributed by atoms with Gasteiger partial charge in [-0.15, -0.1) is 0 Å². The van der Waals surface area contributed by atoms with Gasteiger partial charge in [-0.05, 0) is 26.7 Å². The molecule has 6 nitrogen and oxygen atoms in total. The van der Waals surface area contributed by atoms with E-state index in [0.29, 0.717) is 19.6 Å². The molecule has 1 saturated heterocycles. The predicted octanol–water partition coefficient (Wildman–Crippen LogP) is 0.247. The highest BCUT2D eigenvalue weighted by molar-refractivity contribution is 5.79. The summed E-state index contributed by atoms with van der Waals surface area (Å²) in [5.41, 5.74) is -0.125. The average Bonchev–Trinajstić information content (AvgIpc) is 2.78. The summed E-state index contributed by atoms with van der Waals surface area (Å²) in [5.74, 6) is 0.750. The van der Waals surface area contributed by atoms with Crippen molar-refractivity contribution in [1.82, 2.24) is 16.0 Å². The van der Waals surface area contributed by atoms with Crippen LogP contribution in [0.4, 0.5) is 0 Å². The zero-order chi connectivity index (χ0) is 14.1. The number of nitrogens with one attached hydrogen (secondary N) is 3. The third kappa shape index (κ3) is 6.42. The van der Waals surface area contributed by atoms with Gasteiger partial charge in [0.1, 0.15) is 0 Å². The summed E-state index contributed by atoms with van der Waals surface area (Å²) >= 11 is 0. The molecule has 1 atom stereocenters. The van der Waals surface area contributed by atoms with Crippen LogP contribution in [0.15, 0.2) is 4.99 Å². The predicted molar refractivity (Wildman–Crippen MR) is 76.3 cm³/mol. The van der Waals surface area contributed by atoms with Crippen molar-refractivity contribution in [3.05, 3.63) is 0 Å². The Labute approximate surface area is 115 Å². The molecule has 1 unspecified atom stereocenters. The number of nitrogens with zero attached hydrogens (tertiary/aromatic N) is 1. The van der Waals surface area contributed by atoms with E-state index < -0.39 is 0 Å². The van der Waals surface area contributed by atoms with Crippen molar-refractivity contribution in [2.24, 2.45) is 4.99 Å². The highest BCUT2D eigenvalue weighted by Gasteiger charge is 2.29. The van der Waals surface area contributed by atoms with Gasteiger partial charge in [-0.3, -0.25) is 9.79 Å². The zero-order valence-corrected chi connectivity index (χ0v) is 12.2. The molecule has 1 aliphatic rings. The average molecular weight is 270 g/mol. The highest BCUT2D eigenvalue weighted by Crippen LogP contribution is 2.24. The van der Waals surface area contributed by atoms with Gasteiger partial charge in [-0.1, -0.05) is 0 Å². The molecule has 0 saturated carbocycles. The van der Waals surface area contributed by atoms with E-state index in [0.717, 1.165) is 32.0 Å². The largest absolute Gasteiger partial charge is 0.373 e. The van der Waals surface area contributed by atoms with Crippen molar-refractivity contribution < 1.29 is 9.53 Å². The van der Waals surface area contributed by atoms with E-state index in [1.54, 1.807) is 0 Å². The number of rotatable bonds is 6. The number of hydrogen-bond donors (Lipinski definition) is 3. The number of carbonyl (C=O) groups excluding carboxylic acids is 1. The first kappa shape index (κ1) is 15.8. The Bertz CT molecular complexity index is 312. The normalized spacial score (nSPS) is 23.2. The lowest BCUT2D eigenvalue weighted by atomic mass is 10.0. The summed E-state index contributed by atoms with van der Waals surface area (Å²) in [6, 6.07) is 0. The van der Waals surface area contributed by atoms with Gasteiger partial charge in [0.15, 0.2) is 5.96 Å². The molecule has 0 aromatic heterocycles. The quantitative estimate of drug-likeness (QED) is 0.367. The van der Waals surface area contributed by atoms with Crippen LogP contribution in [0, 0.1) is 0 Å². The summed E-state index contributed by atoms with van der Waals surface area (Å²) in [5, 5.41) is 9.11. The van der Waals surface area contributed by atoms with Crippen LogP contribution in [0.25, 0.3) is 0 Å². The molecule has 110 valence electrons. The number of hydrogen-bond acceptors (Lipinski definition) is 3. The SMILES string of the molecule is CCNC(=NCC1(C)CCCO1)NCCNC(C)=O. The maximum absolute atomic E-state index is 10.8. The minimum Gasteiger partial charge on any atom is -0.373 e. The number of guanidine groups is 1. The molecule has 1 fully saturated rings. The van der Waals surface area contributed by atoms with Gasteiger partial charge in [-0.2, -0.15) is 0 Å². The number of aliphatic imine (C=N–C) groups is 1. The first-order valence-electron chi connectivity index (χ1n) is 6.96. The van der Waals surface area contributed by atoms with Crippen LogP contribution in [-0.2, 0) is 9.53 Å². The van der Waals surface area contributed by atoms with Crippen LogP contribution < -0.4 is 16.0 Å². The fourth-order valence-corrected chi connectivity index (χ4v) is 1.97. The van der Waals surface area contributed by atoms with E-state index in [9.17, 15) is 4.79 Å². The standard InChI is InChI=1S/C13H26N4O2/c1-4-14-12(16-8-7-15-11(2)18)17-10-13(3)6-5-9-19-13/h4-10H2,1-3H3,(H,15,18)(H2,14,16,17). The van der Waals surface area contributed by atoms with Gasteiger partial charge >= 0.3 is 0 Å². The molecule has 1 heterocycles. The summed E-state index contributed by atoms with van der Waals surface area (Å²) in [6.45, 7) is 9.18. The lowest BCUT2D eigenvalue weighted by molar-refractivity contribution is -0.118. The molecule has 0 aromatic carbocycles. The van der Waals surface area contributed by atoms with Crippen LogP contribution in [0.2, 0.25) is 0 Å². The van der Waals surface area contributed by atoms with E-state index in [2.05, 4.69) is 27.9 Å². The molecule has 0 bridgehead atoms. The Morgan fingerprint density at radius 2 is 2.05 bits per heavy atom. The Balaban J connectivity index is 2.35. The Morgan fingerprint density at radius 3 is 2.63 bits per heavy atom. The van der Waals surface area contributed by atoms with Crippen LogP contribution in [0.5, 0.6) is 0 Å². The summed E-state index contributed by atoms with van der Waals surface area (Å²) in [4.78, 5) is 15.3. The zero-order valence-electron chi connectivity index (χ0n) is 12.2. The van der Waals surface area contributed by atoms with Crippen LogP contribution in [0.1, 0.15) is 33.6 Å². The van der Waals surface area contributed by atoms with Crippen molar-refractivity contribution in [1.29, 1.82) is 0 Å². The topological polar surface area (TPSA) is 74.8 Å². The van der Waals surface area contributed by atoms with Gasteiger partial charge in [0, 0.05) is 33.2 Å². The maximum atomic E-state index is 10.8. The third-order valence-electron chi connectivity index (χ3n) is 3.01. The van der Waals surface area contributed by atoms with Crippen molar-refractivity contribution in [3.63, 3.8) is 0 Å². The molecular formula is C13H26N4O2. The minimum absolute atomic E-state index is 0.0180. The molecule has 19 heavy (non-hydrogen) atoms. The van der Waals surface area contributed by atoms with E-state index in [1.165, 1.54) is 6.92 Å². The first-order chi connectivity index (χ1) is 9.06. The fraction of sp³-hybridized carbons (Fsp3) is 0.846. The monoisotopic (exact) mass is 270 g/mol. The van der Waals surface area contributed by atoms with E-state index >= 15 is 0 Å². The fourth-order valence-electron chi connectivity index (χ4n) is 1.97. The van der Waals surface area contributed by atoms with Crippen molar-refractivity contribution in [2.45, 2.75) is 39.2 Å². The van der Waals surface area contributed by atoms with Gasteiger partial charge < -0.3 is 20.7 Å². The van der Waals surface area contributed by atoms with Crippen LogP contribution in [-0.4, -0.2) is 50.3 Å². The summed E-state index contributed by atoms with van der Waals surface area (Å²) in [7, 11) is 0. The lowest BCUT2D eigenvalue weighted by Gasteiger charge is -2.21. The van der Waals surface area contributed by atoms with Gasteiger partial charge in [-0.25, -0.2) is 0 Å². The summed E-state index contributed by atoms with van der Waals surface area (Å²) < 4.78 is 5.71. The van der Waals surface area contributed by atoms with E-state index in [1.807, 2.05) is 6.92 Å². The molecule has 3 N–H and O–H groups in total.